The summed E-state index contributed by atoms with van der Waals surface area (Å²) in [5, 5.41) is 1.33. The van der Waals surface area contributed by atoms with Gasteiger partial charge < -0.3 is 0 Å². The highest BCUT2D eigenvalue weighted by molar-refractivity contribution is 6.31. The Labute approximate surface area is 181 Å². The van der Waals surface area contributed by atoms with Crippen LogP contribution < -0.4 is 0 Å². The number of halogens is 2. The van der Waals surface area contributed by atoms with Crippen molar-refractivity contribution >= 4 is 41.1 Å². The van der Waals surface area contributed by atoms with Crippen LogP contribution in [0.15, 0.2) is 90.0 Å². The molecule has 1 fully saturated rings. The van der Waals surface area contributed by atoms with Gasteiger partial charge in [-0.05, 0) is 71.9 Å². The molecule has 1 aliphatic rings. The molecule has 0 saturated heterocycles. The number of benzene rings is 3. The Kier molecular flexibility index (Phi) is 5.99. The van der Waals surface area contributed by atoms with Crippen LogP contribution in [0.5, 0.6) is 0 Å². The number of ketones is 1. The molecule has 144 valence electrons. The van der Waals surface area contributed by atoms with E-state index in [2.05, 4.69) is 12.1 Å². The van der Waals surface area contributed by atoms with E-state index in [0.29, 0.717) is 22.9 Å². The van der Waals surface area contributed by atoms with Crippen LogP contribution in [0.3, 0.4) is 0 Å². The van der Waals surface area contributed by atoms with Gasteiger partial charge in [-0.3, -0.25) is 4.79 Å². The van der Waals surface area contributed by atoms with E-state index in [1.807, 2.05) is 78.9 Å². The minimum Gasteiger partial charge on any atom is -0.289 e. The van der Waals surface area contributed by atoms with Crippen LogP contribution in [0.1, 0.15) is 35.4 Å². The molecule has 0 atom stereocenters. The zero-order valence-corrected chi connectivity index (χ0v) is 17.3. The molecule has 3 aromatic rings. The molecule has 3 heteroatoms. The van der Waals surface area contributed by atoms with E-state index in [1.165, 1.54) is 5.56 Å². The number of carbonyl (C=O) groups excluding carboxylic acids is 1. The Bertz CT molecular complexity index is 1030. The van der Waals surface area contributed by atoms with Gasteiger partial charge in [0, 0.05) is 21.2 Å². The van der Waals surface area contributed by atoms with Crippen molar-refractivity contribution in [3.8, 4) is 0 Å². The summed E-state index contributed by atoms with van der Waals surface area (Å²) in [6, 6.07) is 25.6. The first-order valence-corrected chi connectivity index (χ1v) is 10.4. The smallest absolute Gasteiger partial charge is 0.185 e. The van der Waals surface area contributed by atoms with Crippen LogP contribution in [0.4, 0.5) is 0 Å². The van der Waals surface area contributed by atoms with Crippen molar-refractivity contribution in [2.45, 2.75) is 18.8 Å². The molecule has 1 saturated carbocycles. The second kappa shape index (κ2) is 8.82. The summed E-state index contributed by atoms with van der Waals surface area (Å²) in [7, 11) is 0. The molecule has 0 radical (unpaired) electrons. The van der Waals surface area contributed by atoms with E-state index in [-0.39, 0.29) is 11.7 Å². The lowest BCUT2D eigenvalue weighted by Crippen LogP contribution is -2.19. The zero-order valence-electron chi connectivity index (χ0n) is 15.8. The summed E-state index contributed by atoms with van der Waals surface area (Å²) in [4.78, 5) is 13.3. The van der Waals surface area contributed by atoms with Crippen LogP contribution in [-0.2, 0) is 4.79 Å². The molecule has 0 unspecified atom stereocenters. The minimum absolute atomic E-state index is 0.0946. The quantitative estimate of drug-likeness (QED) is 0.400. The lowest BCUT2D eigenvalue weighted by molar-refractivity contribution is -0.113. The first-order valence-electron chi connectivity index (χ1n) is 9.60. The van der Waals surface area contributed by atoms with Crippen LogP contribution in [0.25, 0.3) is 12.2 Å². The largest absolute Gasteiger partial charge is 0.289 e. The second-order valence-electron chi connectivity index (χ2n) is 7.29. The van der Waals surface area contributed by atoms with Crippen molar-refractivity contribution in [1.82, 2.24) is 0 Å². The van der Waals surface area contributed by atoms with Gasteiger partial charge in [0.05, 0.1) is 0 Å². The molecule has 0 aliphatic heterocycles. The van der Waals surface area contributed by atoms with E-state index in [4.69, 9.17) is 23.2 Å². The number of Topliss-reactive ketones (excluding diaryl/α,β-unsaturated/α-hetero) is 1. The summed E-state index contributed by atoms with van der Waals surface area (Å²) >= 11 is 12.3. The molecule has 3 aromatic carbocycles. The number of hydrogen-bond donors (Lipinski definition) is 0. The molecule has 29 heavy (non-hydrogen) atoms. The highest BCUT2D eigenvalue weighted by Crippen LogP contribution is 2.38. The van der Waals surface area contributed by atoms with Gasteiger partial charge in [-0.15, -0.1) is 0 Å². The normalized spacial score (nSPS) is 19.7. The van der Waals surface area contributed by atoms with Crippen molar-refractivity contribution in [2.24, 2.45) is 0 Å². The van der Waals surface area contributed by atoms with Gasteiger partial charge in [-0.2, -0.15) is 0 Å². The molecular formula is C26H20Cl2O. The van der Waals surface area contributed by atoms with Crippen molar-refractivity contribution in [3.05, 3.63) is 117 Å². The van der Waals surface area contributed by atoms with E-state index in [1.54, 1.807) is 0 Å². The second-order valence-corrected chi connectivity index (χ2v) is 8.17. The molecule has 0 bridgehead atoms. The SMILES string of the molecule is O=C1/C(=C/c2cccc(Cl)c2)CC(c2ccccc2)C/C1=C\c1cccc(Cl)c1. The van der Waals surface area contributed by atoms with Gasteiger partial charge >= 0.3 is 0 Å². The predicted molar refractivity (Wildman–Crippen MR) is 122 cm³/mol. The topological polar surface area (TPSA) is 17.1 Å². The summed E-state index contributed by atoms with van der Waals surface area (Å²) in [5.41, 5.74) is 4.74. The predicted octanol–water partition coefficient (Wildman–Crippen LogP) is 7.61. The standard InChI is InChI=1S/C26H20Cl2O/c27-24-10-4-6-18(14-24)12-22-16-21(20-8-2-1-3-9-20)17-23(26(22)29)13-19-7-5-11-25(28)15-19/h1-15,21H,16-17H2/b22-12+,23-13+. The first kappa shape index (κ1) is 19.7. The van der Waals surface area contributed by atoms with Gasteiger partial charge in [0.2, 0.25) is 0 Å². The Morgan fingerprint density at radius 2 is 1.21 bits per heavy atom. The van der Waals surface area contributed by atoms with E-state index in [0.717, 1.165) is 22.3 Å². The Morgan fingerprint density at radius 3 is 1.69 bits per heavy atom. The first-order chi connectivity index (χ1) is 14.1. The highest BCUT2D eigenvalue weighted by atomic mass is 35.5. The number of allylic oxidation sites excluding steroid dienone is 2. The number of carbonyl (C=O) groups is 1. The molecule has 1 aliphatic carbocycles. The molecule has 0 aromatic heterocycles. The third-order valence-electron chi connectivity index (χ3n) is 5.17. The Balaban J connectivity index is 1.75. The van der Waals surface area contributed by atoms with E-state index in [9.17, 15) is 4.79 Å². The Morgan fingerprint density at radius 1 is 0.690 bits per heavy atom. The summed E-state index contributed by atoms with van der Waals surface area (Å²) < 4.78 is 0. The van der Waals surface area contributed by atoms with Crippen molar-refractivity contribution in [3.63, 3.8) is 0 Å². The molecule has 0 N–H and O–H groups in total. The van der Waals surface area contributed by atoms with Crippen LogP contribution in [-0.4, -0.2) is 5.78 Å². The van der Waals surface area contributed by atoms with Gasteiger partial charge in [0.1, 0.15) is 0 Å². The maximum Gasteiger partial charge on any atom is 0.185 e. The molecule has 1 nitrogen and oxygen atoms in total. The van der Waals surface area contributed by atoms with E-state index < -0.39 is 0 Å². The fourth-order valence-corrected chi connectivity index (χ4v) is 4.20. The third-order valence-corrected chi connectivity index (χ3v) is 5.64. The monoisotopic (exact) mass is 418 g/mol. The van der Waals surface area contributed by atoms with E-state index >= 15 is 0 Å². The van der Waals surface area contributed by atoms with Crippen molar-refractivity contribution in [2.75, 3.05) is 0 Å². The lowest BCUT2D eigenvalue weighted by atomic mass is 9.77. The van der Waals surface area contributed by atoms with Gasteiger partial charge in [-0.1, -0.05) is 77.8 Å². The zero-order chi connectivity index (χ0) is 20.2. The van der Waals surface area contributed by atoms with Crippen LogP contribution >= 0.6 is 23.2 Å². The average molecular weight is 419 g/mol. The van der Waals surface area contributed by atoms with Gasteiger partial charge in [-0.25, -0.2) is 0 Å². The number of hydrogen-bond acceptors (Lipinski definition) is 1. The Hall–Kier alpha value is -2.61. The molecular weight excluding hydrogens is 399 g/mol. The molecule has 0 heterocycles. The molecule has 4 rings (SSSR count). The van der Waals surface area contributed by atoms with Gasteiger partial charge in [0.15, 0.2) is 5.78 Å². The van der Waals surface area contributed by atoms with Crippen molar-refractivity contribution < 1.29 is 4.79 Å². The average Bonchev–Trinajstić information content (AvgIpc) is 2.71. The van der Waals surface area contributed by atoms with Crippen LogP contribution in [0, 0.1) is 0 Å². The minimum atomic E-state index is 0.0946. The number of rotatable bonds is 3. The van der Waals surface area contributed by atoms with Gasteiger partial charge in [0.25, 0.3) is 0 Å². The maximum atomic E-state index is 13.3. The summed E-state index contributed by atoms with van der Waals surface area (Å²) in [6.45, 7) is 0. The molecule has 0 amide bonds. The summed E-state index contributed by atoms with van der Waals surface area (Å²) in [6.07, 6.45) is 5.36. The van der Waals surface area contributed by atoms with Crippen molar-refractivity contribution in [1.29, 1.82) is 0 Å². The fraction of sp³-hybridized carbons (Fsp3) is 0.115. The summed E-state index contributed by atoms with van der Waals surface area (Å²) in [5.74, 6) is 0.349. The molecule has 0 spiro atoms. The highest BCUT2D eigenvalue weighted by Gasteiger charge is 2.28. The third kappa shape index (κ3) is 4.87. The maximum absolute atomic E-state index is 13.3. The lowest BCUT2D eigenvalue weighted by Gasteiger charge is -2.26. The van der Waals surface area contributed by atoms with Crippen LogP contribution in [0.2, 0.25) is 10.0 Å². The fourth-order valence-electron chi connectivity index (χ4n) is 3.80.